The van der Waals surface area contributed by atoms with Crippen LogP contribution >= 0.6 is 12.2 Å². The summed E-state index contributed by atoms with van der Waals surface area (Å²) >= 11 is 5.34. The van der Waals surface area contributed by atoms with E-state index < -0.39 is 5.91 Å². The molecule has 0 saturated heterocycles. The second-order valence-electron chi connectivity index (χ2n) is 7.70. The predicted octanol–water partition coefficient (Wildman–Crippen LogP) is 2.88. The lowest BCUT2D eigenvalue weighted by Gasteiger charge is -2.30. The first-order valence-corrected chi connectivity index (χ1v) is 10.8. The molecule has 1 amide bonds. The highest BCUT2D eigenvalue weighted by Gasteiger charge is 2.22. The van der Waals surface area contributed by atoms with E-state index in [0.29, 0.717) is 34.4 Å². The minimum Gasteiger partial charge on any atom is -0.358 e. The Balaban J connectivity index is 1.73. The van der Waals surface area contributed by atoms with Gasteiger partial charge in [-0.3, -0.25) is 20.4 Å². The van der Waals surface area contributed by atoms with Gasteiger partial charge in [0, 0.05) is 18.0 Å². The number of hydrogen-bond donors (Lipinski definition) is 3. The Morgan fingerprint density at radius 3 is 2.66 bits per heavy atom. The maximum atomic E-state index is 12.8. The molecule has 2 aromatic rings. The maximum Gasteiger partial charge on any atom is 0.290 e. The number of amides is 1. The number of unbranched alkanes of at least 4 members (excludes halogenated alkanes) is 1. The van der Waals surface area contributed by atoms with Crippen LogP contribution in [0.5, 0.6) is 0 Å². The molecule has 1 aromatic heterocycles. The molecule has 3 rings (SSSR count). The molecule has 8 heteroatoms. The second-order valence-corrected chi connectivity index (χ2v) is 8.11. The van der Waals surface area contributed by atoms with Gasteiger partial charge in [-0.1, -0.05) is 51.3 Å². The van der Waals surface area contributed by atoms with Gasteiger partial charge in [-0.15, -0.1) is 0 Å². The number of benzene rings is 1. The largest absolute Gasteiger partial charge is 0.358 e. The van der Waals surface area contributed by atoms with E-state index in [1.807, 2.05) is 6.92 Å². The molecule has 0 spiro atoms. The van der Waals surface area contributed by atoms with Gasteiger partial charge < -0.3 is 5.32 Å². The average Bonchev–Trinajstić information content (AvgIpc) is 2.73. The van der Waals surface area contributed by atoms with Crippen molar-refractivity contribution in [2.45, 2.75) is 65.0 Å². The Morgan fingerprint density at radius 1 is 1.21 bits per heavy atom. The lowest BCUT2D eigenvalue weighted by Crippen LogP contribution is -2.51. The zero-order chi connectivity index (χ0) is 20.8. The van der Waals surface area contributed by atoms with E-state index in [-0.39, 0.29) is 11.3 Å². The zero-order valence-corrected chi connectivity index (χ0v) is 17.8. The molecule has 1 aliphatic carbocycles. The van der Waals surface area contributed by atoms with Crippen LogP contribution in [0.4, 0.5) is 0 Å². The quantitative estimate of drug-likeness (QED) is 0.514. The van der Waals surface area contributed by atoms with Crippen LogP contribution in [0.1, 0.15) is 62.9 Å². The number of aromatic nitrogens is 2. The van der Waals surface area contributed by atoms with Crippen LogP contribution in [0, 0.1) is 5.92 Å². The summed E-state index contributed by atoms with van der Waals surface area (Å²) in [7, 11) is 0. The standard InChI is InChI=1S/C21H29N5O2S/c1-3-4-13-26-20(28)16-11-7-6-10-15(16)18(25-26)19(27)23-24-21(29)22-17-12-8-5-9-14(17)2/h6-7,10-11,14,17H,3-5,8-9,12-13H2,1-2H3,(H,23,27)(H2,22,24,29)/t14-,17+/m0/s1. The number of fused-ring (bicyclic) bond motifs is 1. The number of nitrogens with zero attached hydrogens (tertiary/aromatic N) is 2. The van der Waals surface area contributed by atoms with Gasteiger partial charge in [0.2, 0.25) is 0 Å². The highest BCUT2D eigenvalue weighted by Crippen LogP contribution is 2.23. The van der Waals surface area contributed by atoms with Crippen molar-refractivity contribution in [1.29, 1.82) is 0 Å². The summed E-state index contributed by atoms with van der Waals surface area (Å²) in [6, 6.07) is 7.36. The van der Waals surface area contributed by atoms with Crippen molar-refractivity contribution < 1.29 is 4.79 Å². The van der Waals surface area contributed by atoms with Gasteiger partial charge in [0.1, 0.15) is 0 Å². The fraction of sp³-hybridized carbons (Fsp3) is 0.524. The van der Waals surface area contributed by atoms with Crippen LogP contribution in [0.3, 0.4) is 0 Å². The topological polar surface area (TPSA) is 88.1 Å². The SMILES string of the molecule is CCCCn1nc(C(=O)NNC(=S)N[C@@H]2CCCC[C@@H]2C)c2ccccc2c1=O. The molecule has 29 heavy (non-hydrogen) atoms. The number of carbonyl (C=O) groups is 1. The lowest BCUT2D eigenvalue weighted by molar-refractivity contribution is 0.0937. The molecule has 7 nitrogen and oxygen atoms in total. The van der Waals surface area contributed by atoms with Gasteiger partial charge in [-0.2, -0.15) is 5.10 Å². The Hall–Kier alpha value is -2.48. The smallest absolute Gasteiger partial charge is 0.290 e. The van der Waals surface area contributed by atoms with E-state index in [0.717, 1.165) is 19.3 Å². The first-order valence-electron chi connectivity index (χ1n) is 10.4. The van der Waals surface area contributed by atoms with Crippen LogP contribution in [-0.2, 0) is 6.54 Å². The number of hydrogen-bond acceptors (Lipinski definition) is 4. The molecule has 0 unspecified atom stereocenters. The second kappa shape index (κ2) is 9.82. The minimum atomic E-state index is -0.424. The Labute approximate surface area is 176 Å². The van der Waals surface area contributed by atoms with Gasteiger partial charge in [0.15, 0.2) is 10.8 Å². The number of hydrazine groups is 1. The van der Waals surface area contributed by atoms with Crippen molar-refractivity contribution >= 4 is 34.0 Å². The van der Waals surface area contributed by atoms with Gasteiger partial charge in [-0.25, -0.2) is 4.68 Å². The summed E-state index contributed by atoms with van der Waals surface area (Å²) in [4.78, 5) is 25.5. The summed E-state index contributed by atoms with van der Waals surface area (Å²) in [6.45, 7) is 4.74. The summed E-state index contributed by atoms with van der Waals surface area (Å²) in [6.07, 6.45) is 6.45. The van der Waals surface area contributed by atoms with Crippen molar-refractivity contribution in [3.8, 4) is 0 Å². The van der Waals surface area contributed by atoms with E-state index in [9.17, 15) is 9.59 Å². The summed E-state index contributed by atoms with van der Waals surface area (Å²) in [5, 5.41) is 9.03. The van der Waals surface area contributed by atoms with E-state index >= 15 is 0 Å². The number of thiocarbonyl (C=S) groups is 1. The Morgan fingerprint density at radius 2 is 1.93 bits per heavy atom. The third kappa shape index (κ3) is 5.12. The first kappa shape index (κ1) is 21.2. The monoisotopic (exact) mass is 415 g/mol. The van der Waals surface area contributed by atoms with Crippen LogP contribution in [-0.4, -0.2) is 26.8 Å². The lowest BCUT2D eigenvalue weighted by atomic mass is 9.86. The molecule has 1 saturated carbocycles. The van der Waals surface area contributed by atoms with E-state index in [4.69, 9.17) is 12.2 Å². The highest BCUT2D eigenvalue weighted by atomic mass is 32.1. The Kier molecular flexibility index (Phi) is 7.19. The Bertz CT molecular complexity index is 942. The molecule has 1 fully saturated rings. The van der Waals surface area contributed by atoms with E-state index in [2.05, 4.69) is 28.2 Å². The molecule has 0 aliphatic heterocycles. The van der Waals surface area contributed by atoms with Crippen molar-refractivity contribution in [1.82, 2.24) is 25.9 Å². The number of rotatable bonds is 5. The minimum absolute atomic E-state index is 0.179. The number of aryl methyl sites for hydroxylation is 1. The fourth-order valence-corrected chi connectivity index (χ4v) is 3.97. The van der Waals surface area contributed by atoms with Crippen LogP contribution in [0.2, 0.25) is 0 Å². The third-order valence-corrected chi connectivity index (χ3v) is 5.74. The molecule has 1 heterocycles. The van der Waals surface area contributed by atoms with E-state index in [1.54, 1.807) is 24.3 Å². The summed E-state index contributed by atoms with van der Waals surface area (Å²) in [5.41, 5.74) is 5.44. The maximum absolute atomic E-state index is 12.8. The fourth-order valence-electron chi connectivity index (χ4n) is 3.77. The molecule has 1 aliphatic rings. The predicted molar refractivity (Wildman–Crippen MR) is 119 cm³/mol. The van der Waals surface area contributed by atoms with Gasteiger partial charge in [-0.05, 0) is 43.5 Å². The first-order chi connectivity index (χ1) is 14.0. The van der Waals surface area contributed by atoms with Crippen LogP contribution < -0.4 is 21.7 Å². The zero-order valence-electron chi connectivity index (χ0n) is 17.0. The number of carbonyl (C=O) groups excluding carboxylic acids is 1. The van der Waals surface area contributed by atoms with Crippen molar-refractivity contribution in [3.63, 3.8) is 0 Å². The molecule has 0 radical (unpaired) electrons. The van der Waals surface area contributed by atoms with Crippen LogP contribution in [0.25, 0.3) is 10.8 Å². The molecule has 2 atom stereocenters. The molecular formula is C21H29N5O2S. The van der Waals surface area contributed by atoms with Crippen LogP contribution in [0.15, 0.2) is 29.1 Å². The normalized spacial score (nSPS) is 19.0. The summed E-state index contributed by atoms with van der Waals surface area (Å²) < 4.78 is 1.38. The van der Waals surface area contributed by atoms with Gasteiger partial charge >= 0.3 is 0 Å². The molecule has 1 aromatic carbocycles. The molecule has 0 bridgehead atoms. The molecule has 156 valence electrons. The molecule has 3 N–H and O–H groups in total. The number of nitrogens with one attached hydrogen (secondary N) is 3. The van der Waals surface area contributed by atoms with Gasteiger partial charge in [0.25, 0.3) is 11.5 Å². The molecular weight excluding hydrogens is 386 g/mol. The average molecular weight is 416 g/mol. The van der Waals surface area contributed by atoms with Gasteiger partial charge in [0.05, 0.1) is 5.39 Å². The highest BCUT2D eigenvalue weighted by molar-refractivity contribution is 7.80. The van der Waals surface area contributed by atoms with E-state index in [1.165, 1.54) is 23.9 Å². The van der Waals surface area contributed by atoms with Crippen molar-refractivity contribution in [3.05, 3.63) is 40.3 Å². The third-order valence-electron chi connectivity index (χ3n) is 5.52. The van der Waals surface area contributed by atoms with Crippen molar-refractivity contribution in [2.24, 2.45) is 5.92 Å². The van der Waals surface area contributed by atoms with Crippen molar-refractivity contribution in [2.75, 3.05) is 0 Å². The summed E-state index contributed by atoms with van der Waals surface area (Å²) in [5.74, 6) is 0.124.